The number of hydrogen-bond donors (Lipinski definition) is 1. The van der Waals surface area contributed by atoms with Crippen LogP contribution < -0.4 is 5.32 Å². The molecule has 1 aromatic heterocycles. The highest BCUT2D eigenvalue weighted by atomic mass is 19.1. The number of rotatable bonds is 6. The molecular formula is C20H21FN2O4. The molecule has 0 bridgehead atoms. The van der Waals surface area contributed by atoms with E-state index in [2.05, 4.69) is 5.32 Å². The van der Waals surface area contributed by atoms with Crippen LogP contribution in [0.15, 0.2) is 30.5 Å². The number of hydrogen-bond acceptors (Lipinski definition) is 4. The van der Waals surface area contributed by atoms with Crippen LogP contribution in [0, 0.1) is 12.7 Å². The maximum Gasteiger partial charge on any atom is 0.293 e. The highest BCUT2D eigenvalue weighted by Gasteiger charge is 2.36. The number of nitrogens with zero attached hydrogens (tertiary/aromatic N) is 1. The Labute approximate surface area is 156 Å². The number of aromatic nitrogens is 1. The van der Waals surface area contributed by atoms with Crippen LogP contribution in [-0.4, -0.2) is 40.8 Å². The molecule has 3 rings (SSSR count). The van der Waals surface area contributed by atoms with Gasteiger partial charge in [-0.05, 0) is 37.1 Å². The first-order chi connectivity index (χ1) is 12.7. The van der Waals surface area contributed by atoms with Gasteiger partial charge in [0.25, 0.3) is 11.7 Å². The number of ketones is 2. The SMILES string of the molecule is Cc1cc(CC(=O)c2cc(C(=O)C(=O)NC3(C)COC3)cn2C)ccc1F. The zero-order valence-corrected chi connectivity index (χ0v) is 15.5. The van der Waals surface area contributed by atoms with E-state index in [1.54, 1.807) is 33.0 Å². The van der Waals surface area contributed by atoms with Crippen LogP contribution in [0.3, 0.4) is 0 Å². The van der Waals surface area contributed by atoms with E-state index < -0.39 is 17.2 Å². The molecule has 142 valence electrons. The third kappa shape index (κ3) is 3.98. The number of benzene rings is 1. The van der Waals surface area contributed by atoms with Gasteiger partial charge in [-0.2, -0.15) is 0 Å². The van der Waals surface area contributed by atoms with Crippen molar-refractivity contribution < 1.29 is 23.5 Å². The van der Waals surface area contributed by atoms with Gasteiger partial charge in [0.05, 0.1) is 24.4 Å². The standard InChI is InChI=1S/C20H21FN2O4/c1-12-6-13(4-5-15(12)21)7-17(24)16-8-14(9-23(16)3)18(25)19(26)22-20(2)10-27-11-20/h4-6,8-9H,7,10-11H2,1-3H3,(H,22,26). The summed E-state index contributed by atoms with van der Waals surface area (Å²) < 4.78 is 19.9. The molecule has 1 aromatic carbocycles. The van der Waals surface area contributed by atoms with Crippen molar-refractivity contribution in [1.29, 1.82) is 0 Å². The molecular weight excluding hydrogens is 351 g/mol. The number of carbonyl (C=O) groups excluding carboxylic acids is 3. The first-order valence-corrected chi connectivity index (χ1v) is 8.58. The summed E-state index contributed by atoms with van der Waals surface area (Å²) >= 11 is 0. The van der Waals surface area contributed by atoms with Crippen LogP contribution in [0.25, 0.3) is 0 Å². The van der Waals surface area contributed by atoms with Crippen molar-refractivity contribution >= 4 is 17.5 Å². The monoisotopic (exact) mass is 372 g/mol. The van der Waals surface area contributed by atoms with Gasteiger partial charge in [0.1, 0.15) is 5.82 Å². The van der Waals surface area contributed by atoms with Crippen molar-refractivity contribution in [2.45, 2.75) is 25.8 Å². The van der Waals surface area contributed by atoms with Crippen LogP contribution in [-0.2, 0) is 23.0 Å². The Kier molecular flexibility index (Phi) is 4.97. The van der Waals surface area contributed by atoms with Crippen molar-refractivity contribution in [2.75, 3.05) is 13.2 Å². The number of amides is 1. The van der Waals surface area contributed by atoms with Crippen molar-refractivity contribution in [3.63, 3.8) is 0 Å². The molecule has 1 aliphatic heterocycles. The largest absolute Gasteiger partial charge is 0.376 e. The summed E-state index contributed by atoms with van der Waals surface area (Å²) in [4.78, 5) is 37.1. The summed E-state index contributed by atoms with van der Waals surface area (Å²) in [6, 6.07) is 5.92. The van der Waals surface area contributed by atoms with Gasteiger partial charge in [-0.3, -0.25) is 14.4 Å². The van der Waals surface area contributed by atoms with Gasteiger partial charge < -0.3 is 14.6 Å². The molecule has 0 spiro atoms. The number of carbonyl (C=O) groups is 3. The maximum atomic E-state index is 13.4. The lowest BCUT2D eigenvalue weighted by molar-refractivity contribution is -0.126. The summed E-state index contributed by atoms with van der Waals surface area (Å²) in [5, 5.41) is 2.66. The average molecular weight is 372 g/mol. The quantitative estimate of drug-likeness (QED) is 0.621. The molecule has 1 amide bonds. The van der Waals surface area contributed by atoms with Crippen molar-refractivity contribution in [3.05, 3.63) is 58.7 Å². The topological polar surface area (TPSA) is 77.4 Å². The van der Waals surface area contributed by atoms with Gasteiger partial charge in [0.2, 0.25) is 0 Å². The van der Waals surface area contributed by atoms with E-state index in [0.717, 1.165) is 0 Å². The second-order valence-corrected chi connectivity index (χ2v) is 7.25. The number of Topliss-reactive ketones (excluding diaryl/α,β-unsaturated/α-hetero) is 2. The molecule has 6 nitrogen and oxygen atoms in total. The van der Waals surface area contributed by atoms with E-state index in [0.29, 0.717) is 30.0 Å². The van der Waals surface area contributed by atoms with Gasteiger partial charge in [-0.25, -0.2) is 4.39 Å². The predicted molar refractivity (Wildman–Crippen MR) is 96.3 cm³/mol. The number of halogens is 1. The number of nitrogens with one attached hydrogen (secondary N) is 1. The van der Waals surface area contributed by atoms with E-state index in [4.69, 9.17) is 4.74 Å². The smallest absolute Gasteiger partial charge is 0.293 e. The summed E-state index contributed by atoms with van der Waals surface area (Å²) in [5.74, 6) is -1.97. The molecule has 1 fully saturated rings. The zero-order chi connectivity index (χ0) is 19.8. The lowest BCUT2D eigenvalue weighted by Crippen LogP contribution is -2.61. The molecule has 0 aliphatic carbocycles. The van der Waals surface area contributed by atoms with Crippen LogP contribution >= 0.6 is 0 Å². The lowest BCUT2D eigenvalue weighted by atomic mass is 10.00. The van der Waals surface area contributed by atoms with Gasteiger partial charge >= 0.3 is 0 Å². The minimum Gasteiger partial charge on any atom is -0.376 e. The Hall–Kier alpha value is -2.80. The predicted octanol–water partition coefficient (Wildman–Crippen LogP) is 1.99. The Morgan fingerprint density at radius 2 is 1.96 bits per heavy atom. The molecule has 1 saturated heterocycles. The van der Waals surface area contributed by atoms with Crippen molar-refractivity contribution in [2.24, 2.45) is 7.05 Å². The summed E-state index contributed by atoms with van der Waals surface area (Å²) in [5.41, 5.74) is 1.08. The molecule has 2 aromatic rings. The Morgan fingerprint density at radius 3 is 2.56 bits per heavy atom. The molecule has 1 N–H and O–H groups in total. The summed E-state index contributed by atoms with van der Waals surface area (Å²) in [6.07, 6.45) is 1.54. The van der Waals surface area contributed by atoms with E-state index >= 15 is 0 Å². The molecule has 7 heteroatoms. The molecule has 1 aliphatic rings. The van der Waals surface area contributed by atoms with E-state index in [1.165, 1.54) is 22.9 Å². The van der Waals surface area contributed by atoms with Crippen LogP contribution in [0.4, 0.5) is 4.39 Å². The zero-order valence-electron chi connectivity index (χ0n) is 15.5. The molecule has 0 saturated carbocycles. The molecule has 2 heterocycles. The van der Waals surface area contributed by atoms with Crippen molar-refractivity contribution in [1.82, 2.24) is 9.88 Å². The van der Waals surface area contributed by atoms with Crippen molar-refractivity contribution in [3.8, 4) is 0 Å². The summed E-state index contributed by atoms with van der Waals surface area (Å²) in [7, 11) is 1.64. The molecule has 0 unspecified atom stereocenters. The second kappa shape index (κ2) is 7.08. The Balaban J connectivity index is 1.73. The third-order valence-corrected chi connectivity index (χ3v) is 4.60. The van der Waals surface area contributed by atoms with E-state index in [1.807, 2.05) is 0 Å². The van der Waals surface area contributed by atoms with Gasteiger partial charge in [-0.15, -0.1) is 0 Å². The van der Waals surface area contributed by atoms with Crippen LogP contribution in [0.5, 0.6) is 0 Å². The van der Waals surface area contributed by atoms with Crippen LogP contribution in [0.2, 0.25) is 0 Å². The fourth-order valence-electron chi connectivity index (χ4n) is 3.00. The first kappa shape index (κ1) is 19.0. The van der Waals surface area contributed by atoms with E-state index in [9.17, 15) is 18.8 Å². The Bertz CT molecular complexity index is 928. The molecule has 27 heavy (non-hydrogen) atoms. The lowest BCUT2D eigenvalue weighted by Gasteiger charge is -2.38. The van der Waals surface area contributed by atoms with Crippen LogP contribution in [0.1, 0.15) is 38.9 Å². The third-order valence-electron chi connectivity index (χ3n) is 4.60. The number of aryl methyl sites for hydroxylation is 2. The fraction of sp³-hybridized carbons (Fsp3) is 0.350. The van der Waals surface area contributed by atoms with E-state index in [-0.39, 0.29) is 23.6 Å². The molecule has 0 atom stereocenters. The first-order valence-electron chi connectivity index (χ1n) is 8.58. The van der Waals surface area contributed by atoms with Gasteiger partial charge in [0, 0.05) is 25.2 Å². The average Bonchev–Trinajstić information content (AvgIpc) is 2.98. The number of ether oxygens (including phenoxy) is 1. The van der Waals surface area contributed by atoms with Gasteiger partial charge in [-0.1, -0.05) is 12.1 Å². The minimum atomic E-state index is -0.723. The highest BCUT2D eigenvalue weighted by molar-refractivity contribution is 6.43. The Morgan fingerprint density at radius 1 is 1.26 bits per heavy atom. The highest BCUT2D eigenvalue weighted by Crippen LogP contribution is 2.17. The van der Waals surface area contributed by atoms with Gasteiger partial charge in [0.15, 0.2) is 5.78 Å². The fourth-order valence-corrected chi connectivity index (χ4v) is 3.00. The second-order valence-electron chi connectivity index (χ2n) is 7.25. The molecule has 0 radical (unpaired) electrons. The maximum absolute atomic E-state index is 13.4. The normalized spacial score (nSPS) is 15.1. The minimum absolute atomic E-state index is 0.0776. The summed E-state index contributed by atoms with van der Waals surface area (Å²) in [6.45, 7) is 4.16.